The van der Waals surface area contributed by atoms with Crippen LogP contribution in [0.15, 0.2) is 35.7 Å². The van der Waals surface area contributed by atoms with Crippen LogP contribution in [0.25, 0.3) is 11.3 Å². The van der Waals surface area contributed by atoms with Gasteiger partial charge in [0, 0.05) is 23.5 Å². The number of halogens is 2. The number of nitrogens with zero attached hydrogens (tertiary/aromatic N) is 3. The number of piperazine rings is 1. The molecule has 4 rings (SSSR count). The lowest BCUT2D eigenvalue weighted by Crippen LogP contribution is -2.58. The average molecular weight is 524 g/mol. The molecule has 1 atom stereocenters. The van der Waals surface area contributed by atoms with Crippen molar-refractivity contribution in [3.63, 3.8) is 0 Å². The Balaban J connectivity index is 1.63. The van der Waals surface area contributed by atoms with E-state index in [4.69, 9.17) is 28.2 Å². The van der Waals surface area contributed by atoms with Gasteiger partial charge >= 0.3 is 5.97 Å². The van der Waals surface area contributed by atoms with Crippen molar-refractivity contribution in [2.75, 3.05) is 24.5 Å². The molecule has 1 aliphatic heterocycles. The third-order valence-electron chi connectivity index (χ3n) is 5.40. The van der Waals surface area contributed by atoms with Gasteiger partial charge in [-0.2, -0.15) is 0 Å². The van der Waals surface area contributed by atoms with Crippen LogP contribution in [0.1, 0.15) is 28.4 Å². The number of hydrogen-bond acceptors (Lipinski definition) is 6. The molecule has 1 N–H and O–H groups in total. The summed E-state index contributed by atoms with van der Waals surface area (Å²) in [6.45, 7) is 5.30. The fourth-order valence-electron chi connectivity index (χ4n) is 3.81. The maximum absolute atomic E-state index is 12.9. The highest BCUT2D eigenvalue weighted by Gasteiger charge is 2.37. The fourth-order valence-corrected chi connectivity index (χ4v) is 6.11. The Labute approximate surface area is 210 Å². The number of rotatable bonds is 6. The third kappa shape index (κ3) is 5.19. The second kappa shape index (κ2) is 10.0. The van der Waals surface area contributed by atoms with E-state index in [9.17, 15) is 14.7 Å². The van der Waals surface area contributed by atoms with E-state index in [0.717, 1.165) is 27.7 Å². The lowest BCUT2D eigenvalue weighted by atomic mass is 10.0. The van der Waals surface area contributed by atoms with Crippen LogP contribution >= 0.6 is 45.9 Å². The van der Waals surface area contributed by atoms with Gasteiger partial charge in [-0.1, -0.05) is 49.2 Å². The van der Waals surface area contributed by atoms with Crippen molar-refractivity contribution < 1.29 is 14.7 Å². The van der Waals surface area contributed by atoms with Gasteiger partial charge in [0.15, 0.2) is 5.13 Å². The molecular weight excluding hydrogens is 501 g/mol. The number of carbonyl (C=O) groups excluding carboxylic acids is 1. The zero-order valence-electron chi connectivity index (χ0n) is 18.1. The molecule has 0 bridgehead atoms. The molecule has 3 aromatic rings. The van der Waals surface area contributed by atoms with Crippen molar-refractivity contribution in [2.24, 2.45) is 5.92 Å². The molecule has 3 heterocycles. The zero-order chi connectivity index (χ0) is 23.7. The Hall–Kier alpha value is -2.13. The number of carboxylic acid groups (broad SMARTS) is 1. The van der Waals surface area contributed by atoms with Gasteiger partial charge in [-0.05, 0) is 35.9 Å². The molecule has 2 aromatic heterocycles. The number of carbonyl (C=O) groups is 2. The molecule has 1 aromatic carbocycles. The lowest BCUT2D eigenvalue weighted by molar-refractivity contribution is -0.142. The molecule has 33 heavy (non-hydrogen) atoms. The first-order chi connectivity index (χ1) is 15.7. The summed E-state index contributed by atoms with van der Waals surface area (Å²) >= 11 is 15.2. The zero-order valence-corrected chi connectivity index (χ0v) is 21.3. The SMILES string of the molecule is CC(C)Cc1sc(N2CCN(C(=O)c3cccs3)C(C(=O)O)C2)nc1-c1ccc(Cl)c(Cl)c1. The molecule has 0 radical (unpaired) electrons. The summed E-state index contributed by atoms with van der Waals surface area (Å²) in [5.74, 6) is -0.840. The summed E-state index contributed by atoms with van der Waals surface area (Å²) in [4.78, 5) is 34.9. The molecule has 1 fully saturated rings. The van der Waals surface area contributed by atoms with E-state index in [-0.39, 0.29) is 12.5 Å². The van der Waals surface area contributed by atoms with E-state index >= 15 is 0 Å². The van der Waals surface area contributed by atoms with Crippen molar-refractivity contribution in [3.8, 4) is 11.3 Å². The first-order valence-corrected chi connectivity index (χ1v) is 13.0. The quantitative estimate of drug-likeness (QED) is 0.442. The number of aromatic nitrogens is 1. The molecule has 1 saturated heterocycles. The van der Waals surface area contributed by atoms with Gasteiger partial charge in [-0.25, -0.2) is 9.78 Å². The number of thiophene rings is 1. The number of thiazole rings is 1. The van der Waals surface area contributed by atoms with Crippen LogP contribution in [0.2, 0.25) is 10.0 Å². The van der Waals surface area contributed by atoms with Gasteiger partial charge in [-0.15, -0.1) is 22.7 Å². The molecule has 6 nitrogen and oxygen atoms in total. The molecular formula is C23H23Cl2N3O3S2. The van der Waals surface area contributed by atoms with Crippen molar-refractivity contribution in [1.82, 2.24) is 9.88 Å². The summed E-state index contributed by atoms with van der Waals surface area (Å²) < 4.78 is 0. The standard InChI is InChI=1S/C23H23Cl2N3O3S2/c1-13(2)10-19-20(14-5-6-15(24)16(25)11-14)26-23(33-19)27-7-8-28(17(12-27)22(30)31)21(29)18-4-3-9-32-18/h3-6,9,11,13,17H,7-8,10,12H2,1-2H3,(H,30,31). The largest absolute Gasteiger partial charge is 0.480 e. The van der Waals surface area contributed by atoms with Gasteiger partial charge in [0.1, 0.15) is 6.04 Å². The molecule has 1 aliphatic rings. The van der Waals surface area contributed by atoms with E-state index in [0.29, 0.717) is 33.9 Å². The summed E-state index contributed by atoms with van der Waals surface area (Å²) in [5.41, 5.74) is 1.72. The summed E-state index contributed by atoms with van der Waals surface area (Å²) in [7, 11) is 0. The summed E-state index contributed by atoms with van der Waals surface area (Å²) in [6, 6.07) is 8.03. The minimum absolute atomic E-state index is 0.182. The van der Waals surface area contributed by atoms with E-state index < -0.39 is 12.0 Å². The monoisotopic (exact) mass is 523 g/mol. The number of benzene rings is 1. The number of amides is 1. The van der Waals surface area contributed by atoms with E-state index in [1.807, 2.05) is 22.4 Å². The second-order valence-corrected chi connectivity index (χ2v) is 11.1. The Kier molecular flexibility index (Phi) is 7.28. The van der Waals surface area contributed by atoms with Gasteiger partial charge in [-0.3, -0.25) is 4.79 Å². The maximum Gasteiger partial charge on any atom is 0.328 e. The predicted molar refractivity (Wildman–Crippen MR) is 135 cm³/mol. The normalized spacial score (nSPS) is 16.5. The van der Waals surface area contributed by atoms with Crippen molar-refractivity contribution in [3.05, 3.63) is 55.5 Å². The molecule has 174 valence electrons. The number of anilines is 1. The smallest absolute Gasteiger partial charge is 0.328 e. The van der Waals surface area contributed by atoms with Gasteiger partial charge < -0.3 is 14.9 Å². The Morgan fingerprint density at radius 2 is 2.00 bits per heavy atom. The Morgan fingerprint density at radius 1 is 1.21 bits per heavy atom. The number of hydrogen-bond donors (Lipinski definition) is 1. The van der Waals surface area contributed by atoms with Gasteiger partial charge in [0.2, 0.25) is 0 Å². The van der Waals surface area contributed by atoms with Crippen LogP contribution in [-0.2, 0) is 11.2 Å². The lowest BCUT2D eigenvalue weighted by Gasteiger charge is -2.39. The van der Waals surface area contributed by atoms with Crippen LogP contribution in [0.3, 0.4) is 0 Å². The topological polar surface area (TPSA) is 73.7 Å². The highest BCUT2D eigenvalue weighted by molar-refractivity contribution is 7.16. The Bertz CT molecular complexity index is 1160. The second-order valence-electron chi connectivity index (χ2n) is 8.27. The van der Waals surface area contributed by atoms with E-state index in [1.165, 1.54) is 16.2 Å². The van der Waals surface area contributed by atoms with Crippen LogP contribution in [0.4, 0.5) is 5.13 Å². The van der Waals surface area contributed by atoms with Crippen LogP contribution in [0.5, 0.6) is 0 Å². The Morgan fingerprint density at radius 3 is 2.64 bits per heavy atom. The maximum atomic E-state index is 12.9. The van der Waals surface area contributed by atoms with Crippen LogP contribution in [0, 0.1) is 5.92 Å². The van der Waals surface area contributed by atoms with Crippen LogP contribution in [-0.4, -0.2) is 52.5 Å². The molecule has 1 unspecified atom stereocenters. The third-order valence-corrected chi connectivity index (χ3v) is 8.14. The minimum atomic E-state index is -1.02. The highest BCUT2D eigenvalue weighted by atomic mass is 35.5. The highest BCUT2D eigenvalue weighted by Crippen LogP contribution is 2.37. The first-order valence-electron chi connectivity index (χ1n) is 10.5. The van der Waals surface area contributed by atoms with Gasteiger partial charge in [0.25, 0.3) is 5.91 Å². The molecule has 10 heteroatoms. The number of aliphatic carboxylic acids is 1. The molecule has 0 aliphatic carbocycles. The van der Waals surface area contributed by atoms with E-state index in [1.54, 1.807) is 29.5 Å². The average Bonchev–Trinajstić information content (AvgIpc) is 3.45. The van der Waals surface area contributed by atoms with Gasteiger partial charge in [0.05, 0.1) is 27.2 Å². The first kappa shape index (κ1) is 24.0. The van der Waals surface area contributed by atoms with E-state index in [2.05, 4.69) is 13.8 Å². The van der Waals surface area contributed by atoms with Crippen molar-refractivity contribution in [1.29, 1.82) is 0 Å². The van der Waals surface area contributed by atoms with Crippen molar-refractivity contribution >= 4 is 62.9 Å². The molecule has 1 amide bonds. The van der Waals surface area contributed by atoms with Crippen LogP contribution < -0.4 is 4.90 Å². The number of carboxylic acids is 1. The molecule has 0 saturated carbocycles. The fraction of sp³-hybridized carbons (Fsp3) is 0.348. The summed E-state index contributed by atoms with van der Waals surface area (Å²) in [5, 5.41) is 13.4. The minimum Gasteiger partial charge on any atom is -0.480 e. The summed E-state index contributed by atoms with van der Waals surface area (Å²) in [6.07, 6.45) is 0.840. The molecule has 0 spiro atoms. The predicted octanol–water partition coefficient (Wildman–Crippen LogP) is 5.79. The van der Waals surface area contributed by atoms with Crippen molar-refractivity contribution in [2.45, 2.75) is 26.3 Å².